The van der Waals surface area contributed by atoms with Crippen LogP contribution >= 0.6 is 11.6 Å². The quantitative estimate of drug-likeness (QED) is 0.873. The summed E-state index contributed by atoms with van der Waals surface area (Å²) in [6.07, 6.45) is 0.328. The van der Waals surface area contributed by atoms with Crippen molar-refractivity contribution in [3.8, 4) is 11.5 Å². The Bertz CT molecular complexity index is 599. The predicted octanol–water partition coefficient (Wildman–Crippen LogP) is 4.11. The predicted molar refractivity (Wildman–Crippen MR) is 83.1 cm³/mol. The minimum absolute atomic E-state index is 0.0865. The zero-order valence-electron chi connectivity index (χ0n) is 11.6. The van der Waals surface area contributed by atoms with E-state index in [2.05, 4.69) is 5.32 Å². The second-order valence-corrected chi connectivity index (χ2v) is 4.76. The monoisotopic (exact) mass is 305 g/mol. The fourth-order valence-electron chi connectivity index (χ4n) is 1.68. The lowest BCUT2D eigenvalue weighted by Gasteiger charge is -2.09. The molecule has 110 valence electrons. The Morgan fingerprint density at radius 2 is 1.86 bits per heavy atom. The lowest BCUT2D eigenvalue weighted by Crippen LogP contribution is -2.13. The molecule has 2 aromatic carbocycles. The van der Waals surface area contributed by atoms with E-state index in [4.69, 9.17) is 21.1 Å². The van der Waals surface area contributed by atoms with Crippen LogP contribution in [0.2, 0.25) is 5.02 Å². The van der Waals surface area contributed by atoms with E-state index in [0.29, 0.717) is 35.2 Å². The van der Waals surface area contributed by atoms with Gasteiger partial charge in [-0.15, -0.1) is 0 Å². The van der Waals surface area contributed by atoms with E-state index in [0.717, 1.165) is 0 Å². The van der Waals surface area contributed by atoms with Gasteiger partial charge in [0.05, 0.1) is 18.1 Å². The topological polar surface area (TPSA) is 47.6 Å². The highest BCUT2D eigenvalue weighted by Gasteiger charge is 2.04. The largest absolute Gasteiger partial charge is 0.456 e. The minimum atomic E-state index is -0.0865. The van der Waals surface area contributed by atoms with Crippen LogP contribution in [0.25, 0.3) is 0 Å². The zero-order chi connectivity index (χ0) is 15.1. The summed E-state index contributed by atoms with van der Waals surface area (Å²) in [7, 11) is 1.56. The van der Waals surface area contributed by atoms with Crippen LogP contribution in [0.3, 0.4) is 0 Å². The highest BCUT2D eigenvalue weighted by Crippen LogP contribution is 2.29. The number of amides is 1. The Balaban J connectivity index is 1.96. The number of benzene rings is 2. The summed E-state index contributed by atoms with van der Waals surface area (Å²) in [6.45, 7) is 0.402. The van der Waals surface area contributed by atoms with Crippen molar-refractivity contribution in [1.82, 2.24) is 0 Å². The third kappa shape index (κ3) is 4.77. The summed E-state index contributed by atoms with van der Waals surface area (Å²) >= 11 is 6.03. The normalized spacial score (nSPS) is 10.2. The van der Waals surface area contributed by atoms with Gasteiger partial charge in [0, 0.05) is 12.8 Å². The average Bonchev–Trinajstić information content (AvgIpc) is 2.49. The molecule has 2 aromatic rings. The van der Waals surface area contributed by atoms with E-state index < -0.39 is 0 Å². The van der Waals surface area contributed by atoms with Crippen LogP contribution in [-0.4, -0.2) is 19.6 Å². The molecule has 5 heteroatoms. The number of nitrogens with one attached hydrogen (secondary N) is 1. The Kier molecular flexibility index (Phi) is 5.60. The van der Waals surface area contributed by atoms with Gasteiger partial charge >= 0.3 is 0 Å². The molecule has 0 aliphatic rings. The molecule has 1 N–H and O–H groups in total. The van der Waals surface area contributed by atoms with Crippen molar-refractivity contribution in [3.05, 3.63) is 53.6 Å². The molecule has 2 rings (SSSR count). The molecule has 0 unspecified atom stereocenters. The van der Waals surface area contributed by atoms with Gasteiger partial charge in [0.15, 0.2) is 0 Å². The summed E-state index contributed by atoms with van der Waals surface area (Å²) in [5.74, 6) is 1.16. The van der Waals surface area contributed by atoms with E-state index in [9.17, 15) is 4.79 Å². The lowest BCUT2D eigenvalue weighted by molar-refractivity contribution is -0.117. The van der Waals surface area contributed by atoms with Crippen molar-refractivity contribution in [2.45, 2.75) is 6.42 Å². The number of hydrogen-bond donors (Lipinski definition) is 1. The van der Waals surface area contributed by atoms with Gasteiger partial charge in [-0.25, -0.2) is 0 Å². The molecule has 0 aliphatic carbocycles. The molecule has 0 fully saturated rings. The van der Waals surface area contributed by atoms with Crippen LogP contribution < -0.4 is 10.1 Å². The number of methoxy groups -OCH3 is 1. The summed E-state index contributed by atoms with van der Waals surface area (Å²) in [4.78, 5) is 11.6. The Morgan fingerprint density at radius 1 is 1.14 bits per heavy atom. The highest BCUT2D eigenvalue weighted by atomic mass is 35.5. The average molecular weight is 306 g/mol. The van der Waals surface area contributed by atoms with Crippen molar-refractivity contribution in [3.63, 3.8) is 0 Å². The first-order valence-electron chi connectivity index (χ1n) is 6.50. The summed E-state index contributed by atoms with van der Waals surface area (Å²) in [5.41, 5.74) is 0.711. The smallest absolute Gasteiger partial charge is 0.226 e. The van der Waals surface area contributed by atoms with Gasteiger partial charge in [-0.2, -0.15) is 0 Å². The fourth-order valence-corrected chi connectivity index (χ4v) is 1.85. The lowest BCUT2D eigenvalue weighted by atomic mass is 10.3. The van der Waals surface area contributed by atoms with Crippen molar-refractivity contribution < 1.29 is 14.3 Å². The van der Waals surface area contributed by atoms with Crippen molar-refractivity contribution in [2.24, 2.45) is 0 Å². The van der Waals surface area contributed by atoms with E-state index in [1.165, 1.54) is 0 Å². The molecular weight excluding hydrogens is 290 g/mol. The van der Waals surface area contributed by atoms with Crippen LogP contribution in [0.1, 0.15) is 6.42 Å². The second kappa shape index (κ2) is 7.67. The van der Waals surface area contributed by atoms with E-state index in [1.807, 2.05) is 12.1 Å². The van der Waals surface area contributed by atoms with E-state index >= 15 is 0 Å². The van der Waals surface area contributed by atoms with Gasteiger partial charge < -0.3 is 14.8 Å². The first kappa shape index (κ1) is 15.4. The fraction of sp³-hybridized carbons (Fsp3) is 0.188. The number of rotatable bonds is 6. The van der Waals surface area contributed by atoms with Gasteiger partial charge in [0.2, 0.25) is 5.91 Å². The standard InChI is InChI=1S/C16H16ClNO3/c1-20-11-10-16(19)18-12-6-8-13(9-7-12)21-15-5-3-2-4-14(15)17/h2-9H,10-11H2,1H3,(H,18,19). The molecule has 0 bridgehead atoms. The number of anilines is 1. The number of halogens is 1. The Labute approximate surface area is 128 Å². The third-order valence-electron chi connectivity index (χ3n) is 2.74. The first-order valence-corrected chi connectivity index (χ1v) is 6.88. The molecule has 0 atom stereocenters. The van der Waals surface area contributed by atoms with Crippen LogP contribution in [0.4, 0.5) is 5.69 Å². The Morgan fingerprint density at radius 3 is 2.52 bits per heavy atom. The van der Waals surface area contributed by atoms with Crippen LogP contribution in [0, 0.1) is 0 Å². The molecule has 0 saturated carbocycles. The number of carbonyl (C=O) groups is 1. The van der Waals surface area contributed by atoms with E-state index in [-0.39, 0.29) is 5.91 Å². The summed E-state index contributed by atoms with van der Waals surface area (Å²) < 4.78 is 10.5. The van der Waals surface area contributed by atoms with Crippen LogP contribution in [0.5, 0.6) is 11.5 Å². The SMILES string of the molecule is COCCC(=O)Nc1ccc(Oc2ccccc2Cl)cc1. The molecule has 0 aliphatic heterocycles. The maximum absolute atomic E-state index is 11.6. The molecule has 21 heavy (non-hydrogen) atoms. The molecule has 0 spiro atoms. The third-order valence-corrected chi connectivity index (χ3v) is 3.05. The van der Waals surface area contributed by atoms with Crippen molar-refractivity contribution in [2.75, 3.05) is 19.0 Å². The minimum Gasteiger partial charge on any atom is -0.456 e. The first-order chi connectivity index (χ1) is 10.2. The molecule has 1 amide bonds. The van der Waals surface area contributed by atoms with Crippen molar-refractivity contribution in [1.29, 1.82) is 0 Å². The summed E-state index contributed by atoms with van der Waals surface area (Å²) in [6, 6.07) is 14.3. The van der Waals surface area contributed by atoms with Gasteiger partial charge in [-0.1, -0.05) is 23.7 Å². The molecule has 0 aromatic heterocycles. The van der Waals surface area contributed by atoms with Crippen LogP contribution in [0.15, 0.2) is 48.5 Å². The summed E-state index contributed by atoms with van der Waals surface area (Å²) in [5, 5.41) is 3.33. The Hall–Kier alpha value is -2.04. The van der Waals surface area contributed by atoms with Gasteiger partial charge in [0.25, 0.3) is 0 Å². The number of hydrogen-bond acceptors (Lipinski definition) is 3. The number of ether oxygens (including phenoxy) is 2. The number of carbonyl (C=O) groups excluding carboxylic acids is 1. The molecule has 0 radical (unpaired) electrons. The van der Waals surface area contributed by atoms with Gasteiger partial charge in [-0.3, -0.25) is 4.79 Å². The second-order valence-electron chi connectivity index (χ2n) is 4.35. The van der Waals surface area contributed by atoms with Crippen LogP contribution in [-0.2, 0) is 9.53 Å². The molecule has 4 nitrogen and oxygen atoms in total. The molecule has 0 heterocycles. The van der Waals surface area contributed by atoms with Gasteiger partial charge in [0.1, 0.15) is 11.5 Å². The zero-order valence-corrected chi connectivity index (χ0v) is 12.4. The molecule has 0 saturated heterocycles. The van der Waals surface area contributed by atoms with E-state index in [1.54, 1.807) is 43.5 Å². The molecular formula is C16H16ClNO3. The number of para-hydroxylation sites is 1. The van der Waals surface area contributed by atoms with Crippen molar-refractivity contribution >= 4 is 23.2 Å². The maximum atomic E-state index is 11.6. The van der Waals surface area contributed by atoms with Gasteiger partial charge in [-0.05, 0) is 36.4 Å². The highest BCUT2D eigenvalue weighted by molar-refractivity contribution is 6.32. The maximum Gasteiger partial charge on any atom is 0.226 e.